The largest absolute Gasteiger partial charge is 0.488 e. The maximum Gasteiger partial charge on any atom is 0.255 e. The molecule has 0 aliphatic carbocycles. The Labute approximate surface area is 193 Å². The molecule has 0 fully saturated rings. The molecule has 168 valence electrons. The van der Waals surface area contributed by atoms with Gasteiger partial charge in [-0.1, -0.05) is 6.07 Å². The van der Waals surface area contributed by atoms with E-state index in [1.165, 1.54) is 6.07 Å². The summed E-state index contributed by atoms with van der Waals surface area (Å²) < 4.78 is 25.9. The molecule has 4 rings (SSSR count). The molecule has 3 aromatic rings. The van der Waals surface area contributed by atoms with Crippen LogP contribution in [0.1, 0.15) is 29.9 Å². The lowest BCUT2D eigenvalue weighted by molar-refractivity contribution is -0.0146. The van der Waals surface area contributed by atoms with Crippen molar-refractivity contribution in [3.05, 3.63) is 58.2 Å². The highest BCUT2D eigenvalue weighted by atomic mass is 79.9. The average Bonchev–Trinajstić information content (AvgIpc) is 3.15. The van der Waals surface area contributed by atoms with Crippen molar-refractivity contribution in [3.8, 4) is 17.0 Å². The van der Waals surface area contributed by atoms with E-state index in [0.717, 1.165) is 11.3 Å². The monoisotopic (exact) mass is 502 g/mol. The van der Waals surface area contributed by atoms with Crippen LogP contribution < -0.4 is 15.4 Å². The van der Waals surface area contributed by atoms with Crippen molar-refractivity contribution in [1.82, 2.24) is 15.3 Å². The number of rotatable bonds is 7. The number of H-pyrrole nitrogens is 1. The van der Waals surface area contributed by atoms with Crippen molar-refractivity contribution < 1.29 is 18.7 Å². The topological polar surface area (TPSA) is 88.3 Å². The number of anilines is 2. The Kier molecular flexibility index (Phi) is 6.21. The van der Waals surface area contributed by atoms with Crippen LogP contribution in [0.4, 0.5) is 15.8 Å². The summed E-state index contributed by atoms with van der Waals surface area (Å²) in [6.07, 6.45) is 3.94. The number of hydrogen-bond acceptors (Lipinski definition) is 5. The van der Waals surface area contributed by atoms with Crippen LogP contribution in [0.25, 0.3) is 11.3 Å². The zero-order valence-corrected chi connectivity index (χ0v) is 19.6. The zero-order chi connectivity index (χ0) is 22.9. The fourth-order valence-electron chi connectivity index (χ4n) is 3.45. The molecule has 0 spiro atoms. The fourth-order valence-corrected chi connectivity index (χ4v) is 3.82. The number of carbonyl (C=O) groups excluding carboxylic acids is 1. The lowest BCUT2D eigenvalue weighted by atomic mass is 10.0. The molecule has 0 saturated heterocycles. The molecule has 0 atom stereocenters. The second-order valence-electron chi connectivity index (χ2n) is 8.09. The van der Waals surface area contributed by atoms with Gasteiger partial charge in [-0.3, -0.25) is 9.78 Å². The number of aromatic nitrogens is 2. The van der Waals surface area contributed by atoms with Crippen LogP contribution in [0.3, 0.4) is 0 Å². The Bertz CT molecular complexity index is 1160. The number of aromatic amines is 1. The minimum Gasteiger partial charge on any atom is -0.488 e. The first-order chi connectivity index (χ1) is 15.3. The van der Waals surface area contributed by atoms with Gasteiger partial charge in [0, 0.05) is 37.5 Å². The number of nitrogens with zero attached hydrogens (tertiary/aromatic N) is 1. The third kappa shape index (κ3) is 4.35. The number of pyridine rings is 1. The third-order valence-corrected chi connectivity index (χ3v) is 6.16. The molecule has 0 unspecified atom stereocenters. The first-order valence-corrected chi connectivity index (χ1v) is 11.0. The highest BCUT2D eigenvalue weighted by Gasteiger charge is 2.29. The summed E-state index contributed by atoms with van der Waals surface area (Å²) in [5.74, 6) is -0.0565. The summed E-state index contributed by atoms with van der Waals surface area (Å²) in [7, 11) is 1.63. The first kappa shape index (κ1) is 22.3. The molecule has 0 radical (unpaired) electrons. The Morgan fingerprint density at radius 3 is 2.91 bits per heavy atom. The number of hydrogen-bond donors (Lipinski definition) is 3. The van der Waals surface area contributed by atoms with Crippen molar-refractivity contribution in [3.63, 3.8) is 0 Å². The van der Waals surface area contributed by atoms with Crippen LogP contribution in [-0.4, -0.2) is 41.7 Å². The number of ether oxygens (including phenoxy) is 2. The Morgan fingerprint density at radius 2 is 2.12 bits per heavy atom. The summed E-state index contributed by atoms with van der Waals surface area (Å²) in [4.78, 5) is 20.3. The normalized spacial score (nSPS) is 13.5. The van der Waals surface area contributed by atoms with E-state index in [0.29, 0.717) is 48.0 Å². The minimum atomic E-state index is -0.491. The summed E-state index contributed by atoms with van der Waals surface area (Å²) in [5, 5.41) is 6.13. The predicted octanol–water partition coefficient (Wildman–Crippen LogP) is 4.81. The second-order valence-corrected chi connectivity index (χ2v) is 8.88. The highest BCUT2D eigenvalue weighted by molar-refractivity contribution is 9.10. The molecule has 0 bridgehead atoms. The van der Waals surface area contributed by atoms with E-state index in [2.05, 4.69) is 36.5 Å². The molecule has 1 aliphatic rings. The molecule has 3 heterocycles. The highest BCUT2D eigenvalue weighted by Crippen LogP contribution is 2.41. The van der Waals surface area contributed by atoms with Gasteiger partial charge in [0.1, 0.15) is 18.2 Å². The number of halogens is 2. The second kappa shape index (κ2) is 8.91. The molecular weight excluding hydrogens is 479 g/mol. The predicted molar refractivity (Wildman–Crippen MR) is 124 cm³/mol. The lowest BCUT2D eigenvalue weighted by Gasteiger charge is -2.23. The van der Waals surface area contributed by atoms with E-state index in [4.69, 9.17) is 9.47 Å². The maximum atomic E-state index is 14.1. The van der Waals surface area contributed by atoms with Crippen molar-refractivity contribution >= 4 is 33.2 Å². The number of amides is 1. The van der Waals surface area contributed by atoms with Crippen LogP contribution >= 0.6 is 15.9 Å². The maximum absolute atomic E-state index is 14.1. The molecule has 0 saturated carbocycles. The quantitative estimate of drug-likeness (QED) is 0.431. The molecule has 32 heavy (non-hydrogen) atoms. The molecule has 1 aromatic carbocycles. The van der Waals surface area contributed by atoms with Gasteiger partial charge >= 0.3 is 0 Å². The number of methoxy groups -OCH3 is 1. The van der Waals surface area contributed by atoms with Crippen LogP contribution in [0.15, 0.2) is 41.1 Å². The van der Waals surface area contributed by atoms with E-state index < -0.39 is 11.4 Å². The number of nitrogens with one attached hydrogen (secondary N) is 3. The van der Waals surface area contributed by atoms with E-state index in [1.54, 1.807) is 31.6 Å². The molecule has 1 amide bonds. The summed E-state index contributed by atoms with van der Waals surface area (Å²) in [5.41, 5.74) is 3.25. The smallest absolute Gasteiger partial charge is 0.255 e. The van der Waals surface area contributed by atoms with Crippen molar-refractivity contribution in [2.24, 2.45) is 0 Å². The SMILES string of the molecule is COC(C)(C)COc1cnccc1-c1[nH]c2c(c1Nc1cccc(F)c1Br)C(=O)NCC2. The van der Waals surface area contributed by atoms with Gasteiger partial charge < -0.3 is 25.1 Å². The number of fused-ring (bicyclic) bond motifs is 1. The molecule has 9 heteroatoms. The van der Waals surface area contributed by atoms with E-state index in [1.807, 2.05) is 19.9 Å². The molecule has 1 aliphatic heterocycles. The van der Waals surface area contributed by atoms with Gasteiger partial charge in [-0.15, -0.1) is 0 Å². The van der Waals surface area contributed by atoms with Gasteiger partial charge in [0.25, 0.3) is 5.91 Å². The van der Waals surface area contributed by atoms with Crippen LogP contribution in [-0.2, 0) is 11.2 Å². The number of carbonyl (C=O) groups is 1. The van der Waals surface area contributed by atoms with Crippen LogP contribution in [0.2, 0.25) is 0 Å². The van der Waals surface area contributed by atoms with Crippen molar-refractivity contribution in [2.75, 3.05) is 25.6 Å². The summed E-state index contributed by atoms with van der Waals surface area (Å²) in [6.45, 7) is 4.70. The summed E-state index contributed by atoms with van der Waals surface area (Å²) >= 11 is 3.29. The minimum absolute atomic E-state index is 0.194. The van der Waals surface area contributed by atoms with Gasteiger partial charge in [-0.2, -0.15) is 0 Å². The van der Waals surface area contributed by atoms with Gasteiger partial charge in [-0.25, -0.2) is 4.39 Å². The van der Waals surface area contributed by atoms with E-state index in [9.17, 15) is 9.18 Å². The van der Waals surface area contributed by atoms with Crippen molar-refractivity contribution in [2.45, 2.75) is 25.9 Å². The Balaban J connectivity index is 1.82. The average molecular weight is 503 g/mol. The van der Waals surface area contributed by atoms with Crippen LogP contribution in [0.5, 0.6) is 5.75 Å². The van der Waals surface area contributed by atoms with Gasteiger partial charge in [0.2, 0.25) is 0 Å². The third-order valence-electron chi connectivity index (χ3n) is 5.36. The number of benzene rings is 1. The Hall–Kier alpha value is -2.91. The van der Waals surface area contributed by atoms with Gasteiger partial charge in [-0.05, 0) is 48.0 Å². The van der Waals surface area contributed by atoms with Crippen LogP contribution in [0, 0.1) is 5.82 Å². The van der Waals surface area contributed by atoms with Gasteiger partial charge in [0.15, 0.2) is 0 Å². The van der Waals surface area contributed by atoms with E-state index in [-0.39, 0.29) is 10.4 Å². The Morgan fingerprint density at radius 1 is 1.31 bits per heavy atom. The fraction of sp³-hybridized carbons (Fsp3) is 0.304. The first-order valence-electron chi connectivity index (χ1n) is 10.2. The zero-order valence-electron chi connectivity index (χ0n) is 18.0. The van der Waals surface area contributed by atoms with Crippen molar-refractivity contribution in [1.29, 1.82) is 0 Å². The molecule has 3 N–H and O–H groups in total. The standard InChI is InChI=1S/C23H24BrFN4O3/c1-23(2,31-3)12-32-17-11-26-9-7-13(17)20-21(18-15(28-20)8-10-27-22(18)30)29-16-6-4-5-14(25)19(16)24/h4-7,9,11,28-29H,8,10,12H2,1-3H3,(H,27,30). The lowest BCUT2D eigenvalue weighted by Crippen LogP contribution is -2.31. The van der Waals surface area contributed by atoms with E-state index >= 15 is 0 Å². The molecule has 2 aromatic heterocycles. The van der Waals surface area contributed by atoms with Gasteiger partial charge in [0.05, 0.1) is 38.9 Å². The molecule has 7 nitrogen and oxygen atoms in total. The molecular formula is C23H24BrFN4O3. The summed E-state index contributed by atoms with van der Waals surface area (Å²) in [6, 6.07) is 6.52.